The van der Waals surface area contributed by atoms with E-state index in [9.17, 15) is 8.42 Å². The fraction of sp³-hybridized carbons (Fsp3) is 0.360. The number of allylic oxidation sites excluding steroid dienone is 3. The predicted molar refractivity (Wildman–Crippen MR) is 116 cm³/mol. The standard InChI is InChI=1S/C25H27NO2S/c1-18-9-11-22(12-10-18)29(27,28)26-14-13-25(21-7-5-4-6-8-21)23-15-19(2)20(3)16-24(23,25)17-26/h4-14,23H,15-17H2,1-3H3/t23-,24-,25-/m1/s1. The van der Waals surface area contributed by atoms with Crippen molar-refractivity contribution in [3.63, 3.8) is 0 Å². The van der Waals surface area contributed by atoms with Gasteiger partial charge >= 0.3 is 0 Å². The number of hydrogen-bond donors (Lipinski definition) is 0. The quantitative estimate of drug-likeness (QED) is 0.659. The number of rotatable bonds is 3. The van der Waals surface area contributed by atoms with Crippen molar-refractivity contribution in [2.45, 2.75) is 43.9 Å². The first-order valence-corrected chi connectivity index (χ1v) is 11.7. The van der Waals surface area contributed by atoms with Crippen LogP contribution in [0.4, 0.5) is 0 Å². The van der Waals surface area contributed by atoms with Gasteiger partial charge in [-0.2, -0.15) is 0 Å². The fourth-order valence-corrected chi connectivity index (χ4v) is 7.24. The molecule has 1 saturated carbocycles. The summed E-state index contributed by atoms with van der Waals surface area (Å²) in [6.07, 6.45) is 6.02. The molecule has 1 fully saturated rings. The molecule has 1 aliphatic heterocycles. The second-order valence-electron chi connectivity index (χ2n) is 9.06. The first-order chi connectivity index (χ1) is 13.8. The van der Waals surface area contributed by atoms with E-state index in [4.69, 9.17) is 0 Å². The third-order valence-corrected chi connectivity index (χ3v) is 9.33. The van der Waals surface area contributed by atoms with Crippen LogP contribution in [0.25, 0.3) is 0 Å². The molecule has 2 aliphatic carbocycles. The number of nitrogens with zero attached hydrogens (tertiary/aromatic N) is 1. The van der Waals surface area contributed by atoms with Crippen molar-refractivity contribution in [3.8, 4) is 0 Å². The summed E-state index contributed by atoms with van der Waals surface area (Å²) in [7, 11) is -3.55. The summed E-state index contributed by atoms with van der Waals surface area (Å²) in [5, 5.41) is 0. The Bertz CT molecular complexity index is 1130. The number of fused-ring (bicyclic) bond motifs is 1. The summed E-state index contributed by atoms with van der Waals surface area (Å²) in [6.45, 7) is 6.96. The van der Waals surface area contributed by atoms with Crippen LogP contribution in [-0.4, -0.2) is 19.3 Å². The van der Waals surface area contributed by atoms with Crippen molar-refractivity contribution in [1.29, 1.82) is 0 Å². The summed E-state index contributed by atoms with van der Waals surface area (Å²) >= 11 is 0. The molecular weight excluding hydrogens is 378 g/mol. The van der Waals surface area contributed by atoms with Crippen LogP contribution in [0.2, 0.25) is 0 Å². The Hall–Kier alpha value is -2.33. The van der Waals surface area contributed by atoms with E-state index in [1.165, 1.54) is 16.7 Å². The topological polar surface area (TPSA) is 37.4 Å². The van der Waals surface area contributed by atoms with Crippen molar-refractivity contribution in [3.05, 3.63) is 89.1 Å². The van der Waals surface area contributed by atoms with Gasteiger partial charge in [0.2, 0.25) is 0 Å². The lowest BCUT2D eigenvalue weighted by Gasteiger charge is -2.35. The Kier molecular flexibility index (Phi) is 3.92. The Balaban J connectivity index is 1.59. The van der Waals surface area contributed by atoms with Gasteiger partial charge in [-0.15, -0.1) is 0 Å². The van der Waals surface area contributed by atoms with Crippen molar-refractivity contribution in [2.75, 3.05) is 6.54 Å². The maximum Gasteiger partial charge on any atom is 0.263 e. The lowest BCUT2D eigenvalue weighted by Crippen LogP contribution is -2.39. The predicted octanol–water partition coefficient (Wildman–Crippen LogP) is 5.20. The van der Waals surface area contributed by atoms with Gasteiger partial charge in [0.05, 0.1) is 4.90 Å². The molecule has 1 spiro atoms. The molecule has 3 aliphatic rings. The molecule has 0 aromatic heterocycles. The minimum Gasteiger partial charge on any atom is -0.273 e. The minimum absolute atomic E-state index is 0.0511. The first kappa shape index (κ1) is 18.7. The second kappa shape index (κ2) is 6.09. The van der Waals surface area contributed by atoms with Crippen LogP contribution >= 0.6 is 0 Å². The number of sulfonamides is 1. The highest BCUT2D eigenvalue weighted by molar-refractivity contribution is 7.89. The summed E-state index contributed by atoms with van der Waals surface area (Å²) in [6, 6.07) is 17.8. The van der Waals surface area contributed by atoms with Gasteiger partial charge in [-0.25, -0.2) is 8.42 Å². The van der Waals surface area contributed by atoms with Gasteiger partial charge < -0.3 is 0 Å². The van der Waals surface area contributed by atoms with E-state index in [1.807, 2.05) is 31.3 Å². The summed E-state index contributed by atoms with van der Waals surface area (Å²) in [4.78, 5) is 0.368. The second-order valence-corrected chi connectivity index (χ2v) is 11.0. The average molecular weight is 406 g/mol. The normalized spacial score (nSPS) is 30.7. The molecule has 150 valence electrons. The fourth-order valence-electron chi connectivity index (χ4n) is 5.86. The molecule has 2 aromatic carbocycles. The summed E-state index contributed by atoms with van der Waals surface area (Å²) in [5.41, 5.74) is 5.15. The highest BCUT2D eigenvalue weighted by atomic mass is 32.2. The van der Waals surface area contributed by atoms with E-state index in [2.05, 4.69) is 44.2 Å². The zero-order valence-electron chi connectivity index (χ0n) is 17.2. The molecule has 4 heteroatoms. The maximum atomic E-state index is 13.4. The van der Waals surface area contributed by atoms with Crippen LogP contribution in [0.5, 0.6) is 0 Å². The van der Waals surface area contributed by atoms with E-state index >= 15 is 0 Å². The third-order valence-electron chi connectivity index (χ3n) is 7.60. The van der Waals surface area contributed by atoms with Gasteiger partial charge in [0.1, 0.15) is 0 Å². The van der Waals surface area contributed by atoms with Crippen molar-refractivity contribution >= 4 is 10.0 Å². The molecule has 0 N–H and O–H groups in total. The van der Waals surface area contributed by atoms with E-state index in [0.717, 1.165) is 18.4 Å². The maximum absolute atomic E-state index is 13.4. The average Bonchev–Trinajstić information content (AvgIpc) is 3.31. The Morgan fingerprint density at radius 3 is 2.31 bits per heavy atom. The van der Waals surface area contributed by atoms with Crippen LogP contribution in [0, 0.1) is 18.3 Å². The molecule has 1 heterocycles. The smallest absolute Gasteiger partial charge is 0.263 e. The van der Waals surface area contributed by atoms with Crippen molar-refractivity contribution in [1.82, 2.24) is 4.31 Å². The molecule has 5 rings (SSSR count). The van der Waals surface area contributed by atoms with Crippen LogP contribution in [0.3, 0.4) is 0 Å². The Labute approximate surface area is 173 Å². The third kappa shape index (κ3) is 2.45. The van der Waals surface area contributed by atoms with Gasteiger partial charge in [-0.05, 0) is 57.2 Å². The van der Waals surface area contributed by atoms with Gasteiger partial charge in [0.25, 0.3) is 10.0 Å². The van der Waals surface area contributed by atoms with E-state index in [-0.39, 0.29) is 10.8 Å². The summed E-state index contributed by atoms with van der Waals surface area (Å²) in [5.74, 6) is 0.454. The van der Waals surface area contributed by atoms with Crippen LogP contribution in [-0.2, 0) is 15.4 Å². The Morgan fingerprint density at radius 2 is 1.62 bits per heavy atom. The molecule has 3 nitrogen and oxygen atoms in total. The molecule has 3 atom stereocenters. The summed E-state index contributed by atoms with van der Waals surface area (Å²) < 4.78 is 28.4. The zero-order valence-corrected chi connectivity index (χ0v) is 18.0. The lowest BCUT2D eigenvalue weighted by atomic mass is 9.79. The molecule has 29 heavy (non-hydrogen) atoms. The Morgan fingerprint density at radius 1 is 0.931 bits per heavy atom. The molecule has 2 aromatic rings. The zero-order chi connectivity index (χ0) is 20.4. The highest BCUT2D eigenvalue weighted by Gasteiger charge is 2.77. The van der Waals surface area contributed by atoms with Gasteiger partial charge in [0, 0.05) is 23.6 Å². The van der Waals surface area contributed by atoms with E-state index in [1.54, 1.807) is 16.4 Å². The largest absolute Gasteiger partial charge is 0.273 e. The van der Waals surface area contributed by atoms with Crippen LogP contribution < -0.4 is 0 Å². The molecule has 0 saturated heterocycles. The molecule has 0 amide bonds. The monoisotopic (exact) mass is 405 g/mol. The number of benzene rings is 2. The van der Waals surface area contributed by atoms with Gasteiger partial charge in [-0.1, -0.05) is 65.3 Å². The van der Waals surface area contributed by atoms with E-state index < -0.39 is 10.0 Å². The van der Waals surface area contributed by atoms with E-state index in [0.29, 0.717) is 17.4 Å². The van der Waals surface area contributed by atoms with Crippen LogP contribution in [0.15, 0.2) is 82.9 Å². The molecule has 0 unspecified atom stereocenters. The molecule has 0 bridgehead atoms. The SMILES string of the molecule is CC1=C(C)C[C@]23CN(S(=O)(=O)c4ccc(C)cc4)C=C[C@@]2(c2ccccc2)[C@@H]3C1. The van der Waals surface area contributed by atoms with Gasteiger partial charge in [0.15, 0.2) is 0 Å². The number of aryl methyl sites for hydroxylation is 1. The number of hydrogen-bond acceptors (Lipinski definition) is 2. The van der Waals surface area contributed by atoms with Crippen molar-refractivity contribution in [2.24, 2.45) is 11.3 Å². The molecule has 0 radical (unpaired) electrons. The highest BCUT2D eigenvalue weighted by Crippen LogP contribution is 2.78. The minimum atomic E-state index is -3.55. The van der Waals surface area contributed by atoms with Crippen molar-refractivity contribution < 1.29 is 8.42 Å². The molecular formula is C25H27NO2S. The van der Waals surface area contributed by atoms with Crippen LogP contribution in [0.1, 0.15) is 37.8 Å². The van der Waals surface area contributed by atoms with Gasteiger partial charge in [-0.3, -0.25) is 4.31 Å². The lowest BCUT2D eigenvalue weighted by molar-refractivity contribution is 0.315. The first-order valence-electron chi connectivity index (χ1n) is 10.3.